The minimum absolute atomic E-state index is 0.0502. The Hall–Kier alpha value is -4.17. The van der Waals surface area contributed by atoms with Gasteiger partial charge < -0.3 is 9.47 Å². The Balaban J connectivity index is 1.01. The van der Waals surface area contributed by atoms with Gasteiger partial charge in [-0.25, -0.2) is 0 Å². The predicted molar refractivity (Wildman–Crippen MR) is 194 cm³/mol. The van der Waals surface area contributed by atoms with Crippen molar-refractivity contribution in [1.29, 1.82) is 0 Å². The molecule has 236 valence electrons. The Labute approximate surface area is 289 Å². The molecule has 1 atom stereocenters. The molecular weight excluding hydrogens is 641 g/mol. The summed E-state index contributed by atoms with van der Waals surface area (Å²) >= 11 is 4.03. The highest BCUT2D eigenvalue weighted by molar-refractivity contribution is 8.14. The number of benzene rings is 4. The molecule has 0 radical (unpaired) electrons. The van der Waals surface area contributed by atoms with E-state index < -0.39 is 0 Å². The zero-order valence-corrected chi connectivity index (χ0v) is 28.6. The van der Waals surface area contributed by atoms with Crippen molar-refractivity contribution >= 4 is 45.5 Å². The smallest absolute Gasteiger partial charge is 0.227 e. The van der Waals surface area contributed by atoms with Crippen LogP contribution in [0, 0.1) is 5.92 Å². The quantitative estimate of drug-likeness (QED) is 0.139. The van der Waals surface area contributed by atoms with E-state index in [4.69, 9.17) is 9.47 Å². The minimum Gasteiger partial charge on any atom is -0.492 e. The van der Waals surface area contributed by atoms with Gasteiger partial charge >= 0.3 is 0 Å². The van der Waals surface area contributed by atoms with Crippen molar-refractivity contribution in [2.45, 2.75) is 39.9 Å². The second-order valence-electron chi connectivity index (χ2n) is 11.4. The third-order valence-corrected chi connectivity index (χ3v) is 10.4. The molecule has 0 N–H and O–H groups in total. The van der Waals surface area contributed by atoms with Gasteiger partial charge in [-0.1, -0.05) is 77.6 Å². The maximum absolute atomic E-state index is 13.2. The molecule has 47 heavy (non-hydrogen) atoms. The van der Waals surface area contributed by atoms with Crippen LogP contribution in [-0.2, 0) is 0 Å². The first kappa shape index (κ1) is 32.8. The van der Waals surface area contributed by atoms with E-state index in [2.05, 4.69) is 44.2 Å². The zero-order valence-electron chi connectivity index (χ0n) is 26.2. The van der Waals surface area contributed by atoms with Gasteiger partial charge in [0.15, 0.2) is 0 Å². The van der Waals surface area contributed by atoms with Gasteiger partial charge in [0.05, 0.1) is 17.7 Å². The van der Waals surface area contributed by atoms with E-state index in [1.54, 1.807) is 11.8 Å². The fourth-order valence-electron chi connectivity index (χ4n) is 5.15. The van der Waals surface area contributed by atoms with Crippen LogP contribution in [0.3, 0.4) is 0 Å². The van der Waals surface area contributed by atoms with Crippen LogP contribution in [0.25, 0.3) is 0 Å². The van der Waals surface area contributed by atoms with Gasteiger partial charge in [-0.15, -0.1) is 0 Å². The second kappa shape index (κ2) is 15.6. The molecule has 4 aromatic carbocycles. The van der Waals surface area contributed by atoms with Crippen molar-refractivity contribution in [3.05, 3.63) is 155 Å². The van der Waals surface area contributed by atoms with Crippen LogP contribution in [0.15, 0.2) is 164 Å². The van der Waals surface area contributed by atoms with Crippen LogP contribution in [0.5, 0.6) is 11.5 Å². The lowest BCUT2D eigenvalue weighted by Crippen LogP contribution is -2.08. The molecule has 7 heteroatoms. The molecule has 0 heterocycles. The number of rotatable bonds is 12. The average molecular weight is 675 g/mol. The first-order valence-electron chi connectivity index (χ1n) is 15.4. The van der Waals surface area contributed by atoms with Gasteiger partial charge in [0.25, 0.3) is 0 Å². The molecule has 1 unspecified atom stereocenters. The van der Waals surface area contributed by atoms with Gasteiger partial charge in [0.2, 0.25) is 10.2 Å². The van der Waals surface area contributed by atoms with Crippen molar-refractivity contribution < 1.29 is 19.1 Å². The number of allylic oxidation sites excluding steroid dienone is 5. The summed E-state index contributed by atoms with van der Waals surface area (Å²) < 4.78 is 12.1. The molecule has 2 aliphatic carbocycles. The van der Waals surface area contributed by atoms with Crippen molar-refractivity contribution in [3.63, 3.8) is 0 Å². The van der Waals surface area contributed by atoms with E-state index in [0.29, 0.717) is 35.8 Å². The molecular formula is C40H34O4S3. The molecule has 4 nitrogen and oxygen atoms in total. The second-order valence-corrected chi connectivity index (χ2v) is 14.6. The molecule has 0 fully saturated rings. The van der Waals surface area contributed by atoms with Gasteiger partial charge in [-0.05, 0) is 122 Å². The van der Waals surface area contributed by atoms with E-state index in [1.165, 1.54) is 40.2 Å². The number of thioether (sulfide) groups is 2. The summed E-state index contributed by atoms with van der Waals surface area (Å²) in [5.74, 6) is 1.44. The maximum atomic E-state index is 13.2. The van der Waals surface area contributed by atoms with E-state index >= 15 is 0 Å². The summed E-state index contributed by atoms with van der Waals surface area (Å²) in [6, 6.07) is 30.8. The molecule has 0 spiro atoms. The van der Waals surface area contributed by atoms with Crippen LogP contribution in [0.1, 0.15) is 41.0 Å². The summed E-state index contributed by atoms with van der Waals surface area (Å²) in [6.45, 7) is 5.16. The summed E-state index contributed by atoms with van der Waals surface area (Å²) in [6.07, 6.45) is 11.5. The third-order valence-electron chi connectivity index (χ3n) is 7.56. The number of para-hydroxylation sites is 2. The van der Waals surface area contributed by atoms with Crippen LogP contribution in [0.4, 0.5) is 0 Å². The van der Waals surface area contributed by atoms with Crippen molar-refractivity contribution in [2.24, 2.45) is 5.92 Å². The van der Waals surface area contributed by atoms with E-state index in [1.807, 2.05) is 97.1 Å². The van der Waals surface area contributed by atoms with Crippen molar-refractivity contribution in [3.8, 4) is 11.5 Å². The first-order chi connectivity index (χ1) is 22.9. The monoisotopic (exact) mass is 674 g/mol. The van der Waals surface area contributed by atoms with Crippen LogP contribution >= 0.6 is 35.3 Å². The highest BCUT2D eigenvalue weighted by Gasteiger charge is 2.17. The van der Waals surface area contributed by atoms with Crippen molar-refractivity contribution in [1.82, 2.24) is 0 Å². The summed E-state index contributed by atoms with van der Waals surface area (Å²) in [5, 5.41) is -0.101. The molecule has 6 rings (SSSR count). The molecule has 0 amide bonds. The summed E-state index contributed by atoms with van der Waals surface area (Å²) in [5.41, 5.74) is 4.89. The Morgan fingerprint density at radius 2 is 1.21 bits per heavy atom. The van der Waals surface area contributed by atoms with Crippen molar-refractivity contribution in [2.75, 3.05) is 13.2 Å². The van der Waals surface area contributed by atoms with Crippen LogP contribution < -0.4 is 9.47 Å². The predicted octanol–water partition coefficient (Wildman–Crippen LogP) is 10.9. The fourth-order valence-corrected chi connectivity index (χ4v) is 7.50. The summed E-state index contributed by atoms with van der Waals surface area (Å²) in [4.78, 5) is 30.2. The average Bonchev–Trinajstić information content (AvgIpc) is 3.71. The van der Waals surface area contributed by atoms with Gasteiger partial charge in [-0.2, -0.15) is 0 Å². The minimum atomic E-state index is -0.0508. The standard InChI is InChI=1S/C40H34O4S3/c1-27-11-13-29(23-27)25-43-37-9-5-3-7-35(37)39(41)46-33-19-15-31(16-20-33)45-32-17-21-34(22-18-32)47-40(42)36-8-4-6-10-38(36)44-26-30-14-12-28(2)24-30/h3-23,29H,24-26H2,1-2H3. The van der Waals surface area contributed by atoms with Gasteiger partial charge in [0.1, 0.15) is 18.1 Å². The number of carbonyl (C=O) groups excluding carboxylic acids is 2. The first-order valence-corrected chi connectivity index (χ1v) is 17.8. The lowest BCUT2D eigenvalue weighted by Gasteiger charge is -2.12. The normalized spacial score (nSPS) is 15.2. The molecule has 4 aromatic rings. The fraction of sp³-hybridized carbons (Fsp3) is 0.150. The lowest BCUT2D eigenvalue weighted by molar-refractivity contribution is 0.107. The summed E-state index contributed by atoms with van der Waals surface area (Å²) in [7, 11) is 0. The van der Waals surface area contributed by atoms with E-state index in [9.17, 15) is 9.59 Å². The molecule has 0 aliphatic heterocycles. The zero-order chi connectivity index (χ0) is 32.6. The number of hydrogen-bond donors (Lipinski definition) is 0. The maximum Gasteiger partial charge on any atom is 0.227 e. The van der Waals surface area contributed by atoms with Gasteiger partial charge in [-0.3, -0.25) is 9.59 Å². The molecule has 0 saturated carbocycles. The highest BCUT2D eigenvalue weighted by atomic mass is 32.2. The Morgan fingerprint density at radius 3 is 1.72 bits per heavy atom. The third kappa shape index (κ3) is 9.01. The van der Waals surface area contributed by atoms with E-state index in [0.717, 1.165) is 26.0 Å². The number of ether oxygens (including phenoxy) is 2. The molecule has 2 aliphatic rings. The van der Waals surface area contributed by atoms with Gasteiger partial charge in [0, 0.05) is 25.5 Å². The molecule has 0 bridgehead atoms. The lowest BCUT2D eigenvalue weighted by atomic mass is 10.2. The Morgan fingerprint density at radius 1 is 0.681 bits per heavy atom. The number of carbonyl (C=O) groups is 2. The Bertz CT molecular complexity index is 1890. The van der Waals surface area contributed by atoms with E-state index in [-0.39, 0.29) is 16.1 Å². The SMILES string of the molecule is CC1=CC(COc2ccccc2C(=O)Sc2ccc(Sc3ccc(SC(=O)c4ccccc4OCC4=CC=C(C)C4)cc3)cc2)C=C1. The molecule has 0 saturated heterocycles. The largest absolute Gasteiger partial charge is 0.492 e. The highest BCUT2D eigenvalue weighted by Crippen LogP contribution is 2.35. The topological polar surface area (TPSA) is 52.6 Å². The molecule has 0 aromatic heterocycles. The Kier molecular flexibility index (Phi) is 10.9. The van der Waals surface area contributed by atoms with Crippen LogP contribution in [-0.4, -0.2) is 23.4 Å². The van der Waals surface area contributed by atoms with Crippen LogP contribution in [0.2, 0.25) is 0 Å². The number of hydrogen-bond acceptors (Lipinski definition) is 7.